The number of nitrogens with one attached hydrogen (secondary N) is 1. The molecule has 0 radical (unpaired) electrons. The molecular weight excluding hydrogens is 274 g/mol. The van der Waals surface area contributed by atoms with Crippen LogP contribution >= 0.6 is 0 Å². The maximum Gasteiger partial charge on any atom is 0.317 e. The van der Waals surface area contributed by atoms with Gasteiger partial charge in [-0.1, -0.05) is 12.8 Å². The monoisotopic (exact) mass is 293 g/mol. The minimum Gasteiger partial charge on any atom is -0.481 e. The van der Waals surface area contributed by atoms with Crippen molar-refractivity contribution in [2.24, 2.45) is 5.41 Å². The van der Waals surface area contributed by atoms with Gasteiger partial charge in [0.2, 0.25) is 0 Å². The molecule has 1 aromatic rings. The maximum atomic E-state index is 12.2. The Labute approximate surface area is 122 Å². The highest BCUT2D eigenvalue weighted by Crippen LogP contribution is 2.37. The largest absolute Gasteiger partial charge is 0.481 e. The van der Waals surface area contributed by atoms with E-state index < -0.39 is 11.4 Å². The number of aromatic nitrogens is 3. The molecule has 2 amide bonds. The number of carbonyl (C=O) groups excluding carboxylic acids is 1. The number of fused-ring (bicyclic) bond motifs is 1. The van der Waals surface area contributed by atoms with Crippen molar-refractivity contribution in [2.45, 2.75) is 38.8 Å². The summed E-state index contributed by atoms with van der Waals surface area (Å²) in [4.78, 5) is 25.3. The second-order valence-corrected chi connectivity index (χ2v) is 5.81. The first-order valence-corrected chi connectivity index (χ1v) is 7.24. The number of hydrogen-bond acceptors (Lipinski definition) is 4. The third-order valence-electron chi connectivity index (χ3n) is 4.52. The first kappa shape index (κ1) is 13.8. The van der Waals surface area contributed by atoms with Crippen molar-refractivity contribution in [3.63, 3.8) is 0 Å². The van der Waals surface area contributed by atoms with E-state index in [0.717, 1.165) is 18.7 Å². The summed E-state index contributed by atoms with van der Waals surface area (Å²) in [6.07, 6.45) is 4.75. The fraction of sp³-hybridized carbons (Fsp3) is 0.692. The second-order valence-electron chi connectivity index (χ2n) is 5.81. The van der Waals surface area contributed by atoms with E-state index in [9.17, 15) is 14.7 Å². The summed E-state index contributed by atoms with van der Waals surface area (Å²) in [5, 5.41) is 20.0. The van der Waals surface area contributed by atoms with E-state index in [2.05, 4.69) is 15.5 Å². The van der Waals surface area contributed by atoms with Crippen LogP contribution in [0.15, 0.2) is 6.33 Å². The van der Waals surface area contributed by atoms with Crippen molar-refractivity contribution in [3.8, 4) is 0 Å². The van der Waals surface area contributed by atoms with Crippen LogP contribution in [0.1, 0.15) is 31.5 Å². The molecule has 3 rings (SSSR count). The molecule has 0 unspecified atom stereocenters. The molecule has 0 saturated heterocycles. The number of rotatable bonds is 3. The highest BCUT2D eigenvalue weighted by Gasteiger charge is 2.41. The van der Waals surface area contributed by atoms with Gasteiger partial charge in [0.15, 0.2) is 5.82 Å². The molecule has 2 aliphatic rings. The SMILES string of the molecule is O=C(NCC1(C(=O)O)CCCC1)N1CCn2cnnc2C1. The van der Waals surface area contributed by atoms with E-state index in [1.165, 1.54) is 0 Å². The van der Waals surface area contributed by atoms with E-state index in [1.807, 2.05) is 4.57 Å². The third kappa shape index (κ3) is 2.57. The van der Waals surface area contributed by atoms with Crippen molar-refractivity contribution in [3.05, 3.63) is 12.2 Å². The van der Waals surface area contributed by atoms with Gasteiger partial charge in [-0.25, -0.2) is 4.79 Å². The predicted octanol–water partition coefficient (Wildman–Crippen LogP) is 0.448. The van der Waals surface area contributed by atoms with Crippen LogP contribution in [0.5, 0.6) is 0 Å². The molecule has 8 nitrogen and oxygen atoms in total. The molecule has 1 aliphatic heterocycles. The number of aliphatic carboxylic acids is 1. The molecular formula is C13H19N5O3. The van der Waals surface area contributed by atoms with Gasteiger partial charge in [-0.15, -0.1) is 10.2 Å². The Morgan fingerprint density at radius 3 is 2.81 bits per heavy atom. The average Bonchev–Trinajstić information content (AvgIpc) is 3.13. The van der Waals surface area contributed by atoms with Gasteiger partial charge in [-0.05, 0) is 12.8 Å². The van der Waals surface area contributed by atoms with Crippen LogP contribution in [-0.2, 0) is 17.9 Å². The molecule has 1 fully saturated rings. The van der Waals surface area contributed by atoms with E-state index in [-0.39, 0.29) is 12.6 Å². The van der Waals surface area contributed by atoms with Crippen LogP contribution in [-0.4, -0.2) is 49.9 Å². The molecule has 0 bridgehead atoms. The van der Waals surface area contributed by atoms with Gasteiger partial charge in [0.1, 0.15) is 6.33 Å². The van der Waals surface area contributed by atoms with Crippen LogP contribution in [0.2, 0.25) is 0 Å². The zero-order chi connectivity index (χ0) is 14.9. The lowest BCUT2D eigenvalue weighted by Gasteiger charge is -2.30. The Bertz CT molecular complexity index is 550. The Kier molecular flexibility index (Phi) is 3.52. The Morgan fingerprint density at radius 2 is 2.10 bits per heavy atom. The molecule has 0 atom stereocenters. The summed E-state index contributed by atoms with van der Waals surface area (Å²) >= 11 is 0. The summed E-state index contributed by atoms with van der Waals surface area (Å²) in [6.45, 7) is 1.85. The first-order chi connectivity index (χ1) is 10.1. The number of nitrogens with zero attached hydrogens (tertiary/aromatic N) is 4. The average molecular weight is 293 g/mol. The van der Waals surface area contributed by atoms with Gasteiger partial charge < -0.3 is 19.9 Å². The smallest absolute Gasteiger partial charge is 0.317 e. The normalized spacial score (nSPS) is 20.1. The van der Waals surface area contributed by atoms with Gasteiger partial charge in [0.25, 0.3) is 0 Å². The standard InChI is InChI=1S/C13H19N5O3/c19-11(20)13(3-1-2-4-13)8-14-12(21)17-5-6-18-9-15-16-10(18)7-17/h9H,1-8H2,(H,14,21)(H,19,20). The number of amides is 2. The number of carbonyl (C=O) groups is 2. The lowest BCUT2D eigenvalue weighted by molar-refractivity contribution is -0.148. The zero-order valence-electron chi connectivity index (χ0n) is 11.8. The van der Waals surface area contributed by atoms with E-state index in [4.69, 9.17) is 0 Å². The lowest BCUT2D eigenvalue weighted by Crippen LogP contribution is -2.48. The van der Waals surface area contributed by atoms with E-state index >= 15 is 0 Å². The Balaban J connectivity index is 1.59. The molecule has 21 heavy (non-hydrogen) atoms. The quantitative estimate of drug-likeness (QED) is 0.842. The van der Waals surface area contributed by atoms with Crippen LogP contribution in [0.4, 0.5) is 4.79 Å². The molecule has 0 aromatic carbocycles. The number of urea groups is 1. The van der Waals surface area contributed by atoms with Gasteiger partial charge in [-0.3, -0.25) is 4.79 Å². The van der Waals surface area contributed by atoms with Crippen LogP contribution < -0.4 is 5.32 Å². The third-order valence-corrected chi connectivity index (χ3v) is 4.52. The Hall–Kier alpha value is -2.12. The highest BCUT2D eigenvalue weighted by molar-refractivity contribution is 5.78. The van der Waals surface area contributed by atoms with Crippen molar-refractivity contribution in [1.82, 2.24) is 25.0 Å². The summed E-state index contributed by atoms with van der Waals surface area (Å²) < 4.78 is 1.92. The maximum absolute atomic E-state index is 12.2. The minimum atomic E-state index is -0.807. The van der Waals surface area contributed by atoms with Crippen LogP contribution in [0.3, 0.4) is 0 Å². The summed E-state index contributed by atoms with van der Waals surface area (Å²) in [7, 11) is 0. The van der Waals surface area contributed by atoms with E-state index in [1.54, 1.807) is 11.2 Å². The minimum absolute atomic E-state index is 0.199. The van der Waals surface area contributed by atoms with Crippen LogP contribution in [0.25, 0.3) is 0 Å². The van der Waals surface area contributed by atoms with E-state index in [0.29, 0.717) is 32.5 Å². The van der Waals surface area contributed by atoms with Crippen molar-refractivity contribution >= 4 is 12.0 Å². The second kappa shape index (κ2) is 5.34. The fourth-order valence-electron chi connectivity index (χ4n) is 3.11. The van der Waals surface area contributed by atoms with Crippen molar-refractivity contribution in [2.75, 3.05) is 13.1 Å². The van der Waals surface area contributed by atoms with Gasteiger partial charge in [0.05, 0.1) is 12.0 Å². The Morgan fingerprint density at radius 1 is 1.33 bits per heavy atom. The molecule has 2 heterocycles. The van der Waals surface area contributed by atoms with Crippen LogP contribution in [0, 0.1) is 5.41 Å². The molecule has 0 spiro atoms. The summed E-state index contributed by atoms with van der Waals surface area (Å²) in [6, 6.07) is -0.225. The molecule has 1 aliphatic carbocycles. The number of carboxylic acid groups (broad SMARTS) is 1. The molecule has 1 saturated carbocycles. The molecule has 1 aromatic heterocycles. The summed E-state index contributed by atoms with van der Waals surface area (Å²) in [5.41, 5.74) is -0.786. The zero-order valence-corrected chi connectivity index (χ0v) is 11.8. The van der Waals surface area contributed by atoms with Crippen molar-refractivity contribution < 1.29 is 14.7 Å². The van der Waals surface area contributed by atoms with Gasteiger partial charge in [0, 0.05) is 19.6 Å². The number of hydrogen-bond donors (Lipinski definition) is 2. The predicted molar refractivity (Wildman–Crippen MR) is 72.4 cm³/mol. The van der Waals surface area contributed by atoms with Gasteiger partial charge >= 0.3 is 12.0 Å². The lowest BCUT2D eigenvalue weighted by atomic mass is 9.86. The highest BCUT2D eigenvalue weighted by atomic mass is 16.4. The molecule has 2 N–H and O–H groups in total. The molecule has 8 heteroatoms. The van der Waals surface area contributed by atoms with Crippen molar-refractivity contribution in [1.29, 1.82) is 0 Å². The fourth-order valence-corrected chi connectivity index (χ4v) is 3.11. The molecule has 114 valence electrons. The summed E-state index contributed by atoms with van der Waals surface area (Å²) in [5.74, 6) is -0.0519. The number of carboxylic acids is 1. The topological polar surface area (TPSA) is 100 Å². The van der Waals surface area contributed by atoms with Gasteiger partial charge in [-0.2, -0.15) is 0 Å². The first-order valence-electron chi connectivity index (χ1n) is 7.24.